The molecule has 0 unspecified atom stereocenters. The highest BCUT2D eigenvalue weighted by molar-refractivity contribution is 5.72. The van der Waals surface area contributed by atoms with Crippen LogP contribution in [0, 0.1) is 0 Å². The van der Waals surface area contributed by atoms with Gasteiger partial charge < -0.3 is 0 Å². The molecule has 1 nitrogen and oxygen atoms in total. The summed E-state index contributed by atoms with van der Waals surface area (Å²) in [7, 11) is 0. The first-order valence-electron chi connectivity index (χ1n) is 4.33. The van der Waals surface area contributed by atoms with Crippen molar-refractivity contribution >= 4 is 6.21 Å². The Morgan fingerprint density at radius 2 is 2.08 bits per heavy atom. The minimum atomic E-state index is 0.998. The summed E-state index contributed by atoms with van der Waals surface area (Å²) in [6.07, 6.45) is 12.9. The summed E-state index contributed by atoms with van der Waals surface area (Å²) in [5.41, 5.74) is 0.998. The van der Waals surface area contributed by atoms with E-state index in [1.54, 1.807) is 0 Å². The van der Waals surface area contributed by atoms with Crippen molar-refractivity contribution in [1.82, 2.24) is 0 Å². The summed E-state index contributed by atoms with van der Waals surface area (Å²) in [5, 5.41) is 0. The normalized spacial score (nSPS) is 14.1. The van der Waals surface area contributed by atoms with Crippen molar-refractivity contribution in [3.05, 3.63) is 36.1 Å². The molecule has 0 N–H and O–H groups in total. The van der Waals surface area contributed by atoms with Crippen molar-refractivity contribution < 1.29 is 0 Å². The number of hydrogen-bond donors (Lipinski definition) is 0. The second-order valence-electron chi connectivity index (χ2n) is 2.33. The first kappa shape index (κ1) is 10.9. The molecule has 0 amide bonds. The minimum Gasteiger partial charge on any atom is -0.257 e. The molecule has 0 aromatic rings. The smallest absolute Gasteiger partial charge is 0.0583 e. The number of aliphatic imine (C=N–C) groups is 1. The van der Waals surface area contributed by atoms with E-state index >= 15 is 0 Å². The lowest BCUT2D eigenvalue weighted by atomic mass is 10.4. The van der Waals surface area contributed by atoms with Crippen LogP contribution in [0.3, 0.4) is 0 Å². The maximum atomic E-state index is 4.23. The lowest BCUT2D eigenvalue weighted by molar-refractivity contribution is 1.23. The second-order valence-corrected chi connectivity index (χ2v) is 2.33. The molecule has 0 aliphatic heterocycles. The van der Waals surface area contributed by atoms with Crippen LogP contribution in [0.4, 0.5) is 0 Å². The lowest BCUT2D eigenvalue weighted by Gasteiger charge is -1.88. The fraction of sp³-hybridized carbons (Fsp3) is 0.364. The molecule has 66 valence electrons. The molecule has 12 heavy (non-hydrogen) atoms. The third kappa shape index (κ3) is 5.66. The van der Waals surface area contributed by atoms with Crippen molar-refractivity contribution in [1.29, 1.82) is 0 Å². The number of rotatable bonds is 4. The highest BCUT2D eigenvalue weighted by Crippen LogP contribution is 1.97. The van der Waals surface area contributed by atoms with E-state index in [-0.39, 0.29) is 0 Å². The third-order valence-corrected chi connectivity index (χ3v) is 1.31. The zero-order valence-corrected chi connectivity index (χ0v) is 8.12. The average Bonchev–Trinajstić information content (AvgIpc) is 2.10. The first-order chi connectivity index (χ1) is 5.85. The van der Waals surface area contributed by atoms with Crippen LogP contribution in [0.5, 0.6) is 0 Å². The zero-order valence-electron chi connectivity index (χ0n) is 8.12. The van der Waals surface area contributed by atoms with Crippen LogP contribution in [0.1, 0.15) is 27.2 Å². The van der Waals surface area contributed by atoms with Gasteiger partial charge >= 0.3 is 0 Å². The van der Waals surface area contributed by atoms with Crippen molar-refractivity contribution in [2.45, 2.75) is 27.2 Å². The van der Waals surface area contributed by atoms with Gasteiger partial charge in [0, 0.05) is 6.21 Å². The van der Waals surface area contributed by atoms with Crippen molar-refractivity contribution in [3.8, 4) is 0 Å². The Morgan fingerprint density at radius 3 is 2.58 bits per heavy atom. The molecule has 0 heterocycles. The van der Waals surface area contributed by atoms with Gasteiger partial charge in [-0.3, -0.25) is 4.99 Å². The monoisotopic (exact) mass is 163 g/mol. The van der Waals surface area contributed by atoms with Crippen LogP contribution >= 0.6 is 0 Å². The molecule has 0 spiro atoms. The van der Waals surface area contributed by atoms with Crippen molar-refractivity contribution in [2.24, 2.45) is 4.99 Å². The minimum absolute atomic E-state index is 0.998. The van der Waals surface area contributed by atoms with Gasteiger partial charge in [-0.15, -0.1) is 0 Å². The van der Waals surface area contributed by atoms with E-state index in [1.165, 1.54) is 0 Å². The molecule has 0 rings (SSSR count). The van der Waals surface area contributed by atoms with E-state index in [2.05, 4.69) is 18.0 Å². The summed E-state index contributed by atoms with van der Waals surface area (Å²) >= 11 is 0. The number of nitrogens with zero attached hydrogens (tertiary/aromatic N) is 1. The molecule has 0 aliphatic rings. The molecule has 0 fully saturated rings. The van der Waals surface area contributed by atoms with Gasteiger partial charge in [-0.25, -0.2) is 0 Å². The predicted molar refractivity (Wildman–Crippen MR) is 56.5 cm³/mol. The highest BCUT2D eigenvalue weighted by Gasteiger charge is 1.79. The molecular formula is C11H17N. The average molecular weight is 163 g/mol. The van der Waals surface area contributed by atoms with E-state index in [9.17, 15) is 0 Å². The second kappa shape index (κ2) is 7.99. The summed E-state index contributed by atoms with van der Waals surface area (Å²) in [4.78, 5) is 4.23. The molecule has 0 aromatic carbocycles. The Balaban J connectivity index is 4.03. The maximum Gasteiger partial charge on any atom is 0.0583 e. The van der Waals surface area contributed by atoms with Gasteiger partial charge in [-0.2, -0.15) is 0 Å². The van der Waals surface area contributed by atoms with Gasteiger partial charge in [-0.05, 0) is 32.4 Å². The Kier molecular flexibility index (Phi) is 7.25. The Morgan fingerprint density at radius 1 is 1.33 bits per heavy atom. The topological polar surface area (TPSA) is 12.4 Å². The van der Waals surface area contributed by atoms with E-state index < -0.39 is 0 Å². The molecule has 0 aliphatic carbocycles. The van der Waals surface area contributed by atoms with Crippen molar-refractivity contribution in [3.63, 3.8) is 0 Å². The predicted octanol–water partition coefficient (Wildman–Crippen LogP) is 3.50. The van der Waals surface area contributed by atoms with Crippen molar-refractivity contribution in [2.75, 3.05) is 0 Å². The number of allylic oxidation sites excluding steroid dienone is 5. The van der Waals surface area contributed by atoms with Crippen LogP contribution in [-0.4, -0.2) is 6.21 Å². The Bertz CT molecular complexity index is 207. The van der Waals surface area contributed by atoms with E-state index in [0.717, 1.165) is 12.1 Å². The van der Waals surface area contributed by atoms with Gasteiger partial charge in [0.2, 0.25) is 0 Å². The van der Waals surface area contributed by atoms with Crippen LogP contribution in [0.15, 0.2) is 41.1 Å². The largest absolute Gasteiger partial charge is 0.257 e. The molecule has 0 aromatic heterocycles. The first-order valence-corrected chi connectivity index (χ1v) is 4.33. The fourth-order valence-corrected chi connectivity index (χ4v) is 0.711. The Labute approximate surface area is 75.2 Å². The molecule has 0 bridgehead atoms. The van der Waals surface area contributed by atoms with E-state index in [4.69, 9.17) is 0 Å². The van der Waals surface area contributed by atoms with Gasteiger partial charge in [0.1, 0.15) is 0 Å². The summed E-state index contributed by atoms with van der Waals surface area (Å²) < 4.78 is 0. The zero-order chi connectivity index (χ0) is 9.23. The van der Waals surface area contributed by atoms with Crippen LogP contribution in [0.2, 0.25) is 0 Å². The molecule has 0 radical (unpaired) electrons. The van der Waals surface area contributed by atoms with E-state index in [1.807, 2.05) is 44.4 Å². The van der Waals surface area contributed by atoms with Crippen LogP contribution in [-0.2, 0) is 0 Å². The molecule has 0 saturated heterocycles. The van der Waals surface area contributed by atoms with Crippen LogP contribution < -0.4 is 0 Å². The molecule has 0 saturated carbocycles. The maximum absolute atomic E-state index is 4.23. The van der Waals surface area contributed by atoms with Gasteiger partial charge in [-0.1, -0.05) is 25.2 Å². The van der Waals surface area contributed by atoms with E-state index in [0.29, 0.717) is 0 Å². The highest BCUT2D eigenvalue weighted by atomic mass is 14.7. The molecule has 1 heteroatoms. The van der Waals surface area contributed by atoms with Gasteiger partial charge in [0.25, 0.3) is 0 Å². The quantitative estimate of drug-likeness (QED) is 0.444. The Hall–Kier alpha value is -1.11. The fourth-order valence-electron chi connectivity index (χ4n) is 0.711. The molecular weight excluding hydrogens is 146 g/mol. The molecule has 0 atom stereocenters. The summed E-state index contributed by atoms with van der Waals surface area (Å²) in [6, 6.07) is 0. The van der Waals surface area contributed by atoms with Crippen LogP contribution in [0.25, 0.3) is 0 Å². The SMILES string of the molecule is CC=C(/C=C\C)N=C/C=C/CC. The standard InChI is InChI=1S/C11H17N/c1-4-7-8-10-12-11(6-3)9-5-2/h5-10H,4H2,1-3H3/b8-7+,9-5-,11-6?,12-10?. The number of hydrogen-bond acceptors (Lipinski definition) is 1. The third-order valence-electron chi connectivity index (χ3n) is 1.31. The summed E-state index contributed by atoms with van der Waals surface area (Å²) in [6.45, 7) is 6.07. The summed E-state index contributed by atoms with van der Waals surface area (Å²) in [5.74, 6) is 0. The lowest BCUT2D eigenvalue weighted by Crippen LogP contribution is -1.71. The van der Waals surface area contributed by atoms with Gasteiger partial charge in [0.15, 0.2) is 0 Å². The van der Waals surface area contributed by atoms with Gasteiger partial charge in [0.05, 0.1) is 5.70 Å².